The van der Waals surface area contributed by atoms with E-state index in [2.05, 4.69) is 41.6 Å². The summed E-state index contributed by atoms with van der Waals surface area (Å²) >= 11 is 5.39. The second kappa shape index (κ2) is 3.45. The van der Waals surface area contributed by atoms with Crippen molar-refractivity contribution in [3.05, 3.63) is 28.5 Å². The molecule has 1 saturated carbocycles. The zero-order chi connectivity index (χ0) is 11.3. The van der Waals surface area contributed by atoms with Gasteiger partial charge in [0, 0.05) is 6.54 Å². The molecular weight excluding hydrogens is 216 g/mol. The van der Waals surface area contributed by atoms with Gasteiger partial charge in [0.2, 0.25) is 0 Å². The molecule has 0 aliphatic heterocycles. The molecule has 1 N–H and O–H groups in total. The van der Waals surface area contributed by atoms with E-state index in [1.807, 2.05) is 0 Å². The Labute approximate surface area is 100 Å². The lowest BCUT2D eigenvalue weighted by atomic mass is 10.2. The normalized spacial score (nSPS) is 23.9. The molecule has 1 aliphatic rings. The Morgan fingerprint density at radius 3 is 2.94 bits per heavy atom. The first-order chi connectivity index (χ1) is 7.65. The highest BCUT2D eigenvalue weighted by atomic mass is 32.1. The third kappa shape index (κ3) is 1.59. The standard InChI is InChI=1S/C13H16N2S/c1-8-3-4-11-12(5-8)15(13(16)14-11)7-10-6-9(10)2/h3-5,9-10H,6-7H2,1-2H3,(H,14,16). The van der Waals surface area contributed by atoms with Crippen LogP contribution in [0, 0.1) is 23.5 Å². The number of aromatic amines is 1. The Bertz CT molecular complexity index is 593. The van der Waals surface area contributed by atoms with E-state index < -0.39 is 0 Å². The number of benzene rings is 1. The van der Waals surface area contributed by atoms with Gasteiger partial charge in [-0.2, -0.15) is 0 Å². The Hall–Kier alpha value is -1.09. The van der Waals surface area contributed by atoms with Gasteiger partial charge in [0.15, 0.2) is 4.77 Å². The van der Waals surface area contributed by atoms with Crippen LogP contribution in [-0.2, 0) is 6.54 Å². The fourth-order valence-electron chi connectivity index (χ4n) is 2.33. The van der Waals surface area contributed by atoms with Crippen LogP contribution in [0.25, 0.3) is 11.0 Å². The van der Waals surface area contributed by atoms with Crippen molar-refractivity contribution in [2.45, 2.75) is 26.8 Å². The summed E-state index contributed by atoms with van der Waals surface area (Å²) in [4.78, 5) is 3.28. The monoisotopic (exact) mass is 232 g/mol. The number of H-pyrrole nitrogens is 1. The van der Waals surface area contributed by atoms with E-state index >= 15 is 0 Å². The summed E-state index contributed by atoms with van der Waals surface area (Å²) in [7, 11) is 0. The fraction of sp³-hybridized carbons (Fsp3) is 0.462. The summed E-state index contributed by atoms with van der Waals surface area (Å²) in [6.45, 7) is 5.51. The molecule has 0 amide bonds. The van der Waals surface area contributed by atoms with Crippen LogP contribution in [0.15, 0.2) is 18.2 Å². The average molecular weight is 232 g/mol. The van der Waals surface area contributed by atoms with Crippen molar-refractivity contribution in [2.75, 3.05) is 0 Å². The van der Waals surface area contributed by atoms with Gasteiger partial charge in [-0.1, -0.05) is 13.0 Å². The number of nitrogens with one attached hydrogen (secondary N) is 1. The van der Waals surface area contributed by atoms with Gasteiger partial charge < -0.3 is 9.55 Å². The van der Waals surface area contributed by atoms with Crippen LogP contribution in [-0.4, -0.2) is 9.55 Å². The number of rotatable bonds is 2. The number of aromatic nitrogens is 2. The lowest BCUT2D eigenvalue weighted by molar-refractivity contribution is 0.600. The van der Waals surface area contributed by atoms with Crippen molar-refractivity contribution < 1.29 is 0 Å². The number of aryl methyl sites for hydroxylation is 1. The Kier molecular flexibility index (Phi) is 2.18. The second-order valence-corrected chi connectivity index (χ2v) is 5.42. The summed E-state index contributed by atoms with van der Waals surface area (Å²) in [6.07, 6.45) is 1.35. The molecule has 0 spiro atoms. The van der Waals surface area contributed by atoms with Crippen molar-refractivity contribution >= 4 is 23.3 Å². The molecule has 0 saturated heterocycles. The van der Waals surface area contributed by atoms with Crippen molar-refractivity contribution in [3.63, 3.8) is 0 Å². The Morgan fingerprint density at radius 1 is 1.50 bits per heavy atom. The van der Waals surface area contributed by atoms with Crippen molar-refractivity contribution in [1.29, 1.82) is 0 Å². The van der Waals surface area contributed by atoms with Crippen LogP contribution in [0.2, 0.25) is 0 Å². The van der Waals surface area contributed by atoms with Gasteiger partial charge in [-0.3, -0.25) is 0 Å². The first kappa shape index (κ1) is 10.1. The van der Waals surface area contributed by atoms with Crippen LogP contribution < -0.4 is 0 Å². The molecule has 1 fully saturated rings. The maximum Gasteiger partial charge on any atom is 0.178 e. The van der Waals surface area contributed by atoms with E-state index in [0.29, 0.717) is 0 Å². The van der Waals surface area contributed by atoms with Crippen molar-refractivity contribution in [2.24, 2.45) is 11.8 Å². The molecule has 1 heterocycles. The Morgan fingerprint density at radius 2 is 2.25 bits per heavy atom. The van der Waals surface area contributed by atoms with E-state index in [-0.39, 0.29) is 0 Å². The summed E-state index contributed by atoms with van der Waals surface area (Å²) in [5, 5.41) is 0. The molecule has 2 nitrogen and oxygen atoms in total. The maximum atomic E-state index is 5.39. The molecule has 0 radical (unpaired) electrons. The van der Waals surface area contributed by atoms with E-state index in [9.17, 15) is 0 Å². The second-order valence-electron chi connectivity index (χ2n) is 5.03. The molecule has 84 valence electrons. The van der Waals surface area contributed by atoms with Crippen LogP contribution in [0.3, 0.4) is 0 Å². The number of fused-ring (bicyclic) bond motifs is 1. The quantitative estimate of drug-likeness (QED) is 0.784. The first-order valence-electron chi connectivity index (χ1n) is 5.84. The van der Waals surface area contributed by atoms with Gasteiger partial charge in [0.1, 0.15) is 0 Å². The summed E-state index contributed by atoms with van der Waals surface area (Å²) < 4.78 is 3.12. The van der Waals surface area contributed by atoms with Gasteiger partial charge in [-0.25, -0.2) is 0 Å². The van der Waals surface area contributed by atoms with E-state index in [1.165, 1.54) is 17.5 Å². The van der Waals surface area contributed by atoms with Crippen LogP contribution >= 0.6 is 12.2 Å². The van der Waals surface area contributed by atoms with Crippen LogP contribution in [0.1, 0.15) is 18.9 Å². The summed E-state index contributed by atoms with van der Waals surface area (Å²) in [6, 6.07) is 6.46. The third-order valence-electron chi connectivity index (χ3n) is 3.62. The predicted molar refractivity (Wildman–Crippen MR) is 69.1 cm³/mol. The SMILES string of the molecule is Cc1ccc2[nH]c(=S)n(CC3CC3C)c2c1. The molecule has 1 aromatic carbocycles. The maximum absolute atomic E-state index is 5.39. The molecular formula is C13H16N2S. The lowest BCUT2D eigenvalue weighted by Gasteiger charge is -2.03. The van der Waals surface area contributed by atoms with E-state index in [4.69, 9.17) is 12.2 Å². The number of hydrogen-bond donors (Lipinski definition) is 1. The number of imidazole rings is 1. The topological polar surface area (TPSA) is 20.7 Å². The highest BCUT2D eigenvalue weighted by Crippen LogP contribution is 2.39. The lowest BCUT2D eigenvalue weighted by Crippen LogP contribution is -2.00. The summed E-state index contributed by atoms with van der Waals surface area (Å²) in [5.74, 6) is 1.70. The molecule has 0 bridgehead atoms. The molecule has 3 rings (SSSR count). The molecule has 1 aliphatic carbocycles. The summed E-state index contributed by atoms with van der Waals surface area (Å²) in [5.41, 5.74) is 3.70. The fourth-order valence-corrected chi connectivity index (χ4v) is 2.61. The van der Waals surface area contributed by atoms with Gasteiger partial charge >= 0.3 is 0 Å². The van der Waals surface area contributed by atoms with E-state index in [0.717, 1.165) is 28.7 Å². The minimum absolute atomic E-state index is 0.825. The minimum atomic E-state index is 0.825. The number of hydrogen-bond acceptors (Lipinski definition) is 1. The molecule has 16 heavy (non-hydrogen) atoms. The van der Waals surface area contributed by atoms with Crippen LogP contribution in [0.5, 0.6) is 0 Å². The average Bonchev–Trinajstić information content (AvgIpc) is 2.84. The van der Waals surface area contributed by atoms with Gasteiger partial charge in [0.25, 0.3) is 0 Å². The molecule has 1 aromatic heterocycles. The third-order valence-corrected chi connectivity index (χ3v) is 3.95. The molecule has 2 atom stereocenters. The molecule has 3 heteroatoms. The van der Waals surface area contributed by atoms with Crippen LogP contribution in [0.4, 0.5) is 0 Å². The zero-order valence-electron chi connectivity index (χ0n) is 9.66. The van der Waals surface area contributed by atoms with Gasteiger partial charge in [-0.15, -0.1) is 0 Å². The van der Waals surface area contributed by atoms with Crippen molar-refractivity contribution in [3.8, 4) is 0 Å². The number of nitrogens with zero attached hydrogens (tertiary/aromatic N) is 1. The van der Waals surface area contributed by atoms with Gasteiger partial charge in [0.05, 0.1) is 11.0 Å². The highest BCUT2D eigenvalue weighted by Gasteiger charge is 2.33. The molecule has 2 aromatic rings. The first-order valence-corrected chi connectivity index (χ1v) is 6.25. The van der Waals surface area contributed by atoms with Gasteiger partial charge in [-0.05, 0) is 55.1 Å². The smallest absolute Gasteiger partial charge is 0.178 e. The predicted octanol–water partition coefficient (Wildman–Crippen LogP) is 3.66. The highest BCUT2D eigenvalue weighted by molar-refractivity contribution is 7.71. The largest absolute Gasteiger partial charge is 0.331 e. The zero-order valence-corrected chi connectivity index (χ0v) is 10.5. The molecule has 2 unspecified atom stereocenters. The van der Waals surface area contributed by atoms with Crippen molar-refractivity contribution in [1.82, 2.24) is 9.55 Å². The van der Waals surface area contributed by atoms with E-state index in [1.54, 1.807) is 0 Å². The Balaban J connectivity index is 2.10. The minimum Gasteiger partial charge on any atom is -0.331 e.